The Morgan fingerprint density at radius 1 is 1.33 bits per heavy atom. The summed E-state index contributed by atoms with van der Waals surface area (Å²) in [7, 11) is 0. The Hall–Kier alpha value is -0.900. The molecule has 0 atom stereocenters. The molecule has 0 aliphatic heterocycles. The molecule has 0 N–H and O–H groups in total. The van der Waals surface area contributed by atoms with E-state index in [1.165, 1.54) is 11.3 Å². The molecule has 5 heteroatoms. The number of carbonyl (C=O) groups excluding carboxylic acids is 1. The van der Waals surface area contributed by atoms with Gasteiger partial charge in [0, 0.05) is 16.0 Å². The monoisotopic (exact) mass is 257 g/mol. The van der Waals surface area contributed by atoms with Crippen LogP contribution in [-0.2, 0) is 0 Å². The summed E-state index contributed by atoms with van der Waals surface area (Å²) < 4.78 is 0. The molecule has 0 radical (unpaired) electrons. The van der Waals surface area contributed by atoms with Crippen molar-refractivity contribution in [2.75, 3.05) is 0 Å². The lowest BCUT2D eigenvalue weighted by Gasteiger charge is -2.00. The molecule has 1 aromatic heterocycles. The summed E-state index contributed by atoms with van der Waals surface area (Å²) >= 11 is 13.1. The van der Waals surface area contributed by atoms with Gasteiger partial charge in [-0.25, -0.2) is 4.98 Å². The number of rotatable bonds is 2. The highest BCUT2D eigenvalue weighted by Crippen LogP contribution is 2.30. The minimum Gasteiger partial charge on any atom is -0.295 e. The normalized spacial score (nSPS) is 10.3. The zero-order chi connectivity index (χ0) is 10.8. The van der Waals surface area contributed by atoms with Crippen LogP contribution < -0.4 is 0 Å². The number of halogens is 2. The summed E-state index contributed by atoms with van der Waals surface area (Å²) in [6, 6.07) is 5.18. The number of aldehydes is 1. The number of hydrogen-bond acceptors (Lipinski definition) is 3. The molecule has 0 bridgehead atoms. The first kappa shape index (κ1) is 10.6. The van der Waals surface area contributed by atoms with E-state index in [9.17, 15) is 4.79 Å². The predicted octanol–water partition coefficient (Wildman–Crippen LogP) is 3.93. The van der Waals surface area contributed by atoms with E-state index >= 15 is 0 Å². The van der Waals surface area contributed by atoms with Crippen LogP contribution in [-0.4, -0.2) is 11.3 Å². The highest BCUT2D eigenvalue weighted by atomic mass is 35.5. The molecule has 0 amide bonds. The van der Waals surface area contributed by atoms with Crippen molar-refractivity contribution >= 4 is 40.8 Å². The van der Waals surface area contributed by atoms with Crippen LogP contribution in [0.3, 0.4) is 0 Å². The number of carbonyl (C=O) groups is 1. The third kappa shape index (κ3) is 2.20. The van der Waals surface area contributed by atoms with Gasteiger partial charge in [0.2, 0.25) is 0 Å². The largest absolute Gasteiger partial charge is 0.295 e. The average Bonchev–Trinajstić information content (AvgIpc) is 2.66. The van der Waals surface area contributed by atoms with Gasteiger partial charge >= 0.3 is 0 Å². The smallest absolute Gasteiger partial charge is 0.178 e. The quantitative estimate of drug-likeness (QED) is 0.764. The van der Waals surface area contributed by atoms with Crippen molar-refractivity contribution in [2.45, 2.75) is 0 Å². The van der Waals surface area contributed by atoms with Gasteiger partial charge in [-0.2, -0.15) is 0 Å². The lowest BCUT2D eigenvalue weighted by atomic mass is 10.2. The van der Waals surface area contributed by atoms with Gasteiger partial charge < -0.3 is 0 Å². The molecule has 0 saturated heterocycles. The van der Waals surface area contributed by atoms with E-state index in [1.807, 2.05) is 0 Å². The van der Waals surface area contributed by atoms with E-state index in [4.69, 9.17) is 23.2 Å². The van der Waals surface area contributed by atoms with Crippen molar-refractivity contribution in [1.82, 2.24) is 4.98 Å². The summed E-state index contributed by atoms with van der Waals surface area (Å²) in [6.07, 6.45) is 0.720. The van der Waals surface area contributed by atoms with Crippen LogP contribution in [0.15, 0.2) is 23.6 Å². The molecule has 0 aliphatic carbocycles. The summed E-state index contributed by atoms with van der Waals surface area (Å²) in [6.45, 7) is 0. The van der Waals surface area contributed by atoms with E-state index in [0.717, 1.165) is 11.8 Å². The Kier molecular flexibility index (Phi) is 3.05. The minimum atomic E-state index is 0.441. The van der Waals surface area contributed by atoms with Crippen LogP contribution in [0.2, 0.25) is 10.0 Å². The molecule has 0 saturated carbocycles. The maximum absolute atomic E-state index is 10.5. The van der Waals surface area contributed by atoms with E-state index < -0.39 is 0 Å². The number of benzene rings is 1. The van der Waals surface area contributed by atoms with Gasteiger partial charge in [0.1, 0.15) is 0 Å². The van der Waals surface area contributed by atoms with Crippen LogP contribution in [0.4, 0.5) is 0 Å². The van der Waals surface area contributed by atoms with Crippen LogP contribution in [0.1, 0.15) is 9.80 Å². The highest BCUT2D eigenvalue weighted by molar-refractivity contribution is 7.11. The Morgan fingerprint density at radius 3 is 2.73 bits per heavy atom. The molecule has 0 fully saturated rings. The first-order valence-corrected chi connectivity index (χ1v) is 5.70. The van der Waals surface area contributed by atoms with Gasteiger partial charge in [0.25, 0.3) is 0 Å². The second-order valence-corrected chi connectivity index (χ2v) is 4.55. The zero-order valence-electron chi connectivity index (χ0n) is 7.41. The summed E-state index contributed by atoms with van der Waals surface area (Å²) in [5.41, 5.74) is 1.48. The Morgan fingerprint density at radius 2 is 2.13 bits per heavy atom. The summed E-state index contributed by atoms with van der Waals surface area (Å²) in [5, 5.41) is 3.34. The first-order chi connectivity index (χ1) is 7.20. The van der Waals surface area contributed by atoms with Crippen LogP contribution in [0.25, 0.3) is 11.3 Å². The minimum absolute atomic E-state index is 0.441. The third-order valence-corrected chi connectivity index (χ3v) is 3.15. The Labute approximate surface area is 100 Å². The van der Waals surface area contributed by atoms with Gasteiger partial charge in [0.05, 0.1) is 10.7 Å². The fourth-order valence-electron chi connectivity index (χ4n) is 1.16. The second-order valence-electron chi connectivity index (χ2n) is 2.81. The predicted molar refractivity (Wildman–Crippen MR) is 63.0 cm³/mol. The van der Waals surface area contributed by atoms with Crippen molar-refractivity contribution in [2.24, 2.45) is 0 Å². The number of aromatic nitrogens is 1. The molecular weight excluding hydrogens is 253 g/mol. The van der Waals surface area contributed by atoms with E-state index in [0.29, 0.717) is 20.7 Å². The molecule has 0 aliphatic rings. The molecular formula is C10H5Cl2NOS. The molecule has 2 aromatic rings. The topological polar surface area (TPSA) is 30.0 Å². The maximum atomic E-state index is 10.5. The lowest BCUT2D eigenvalue weighted by molar-refractivity contribution is 0.112. The van der Waals surface area contributed by atoms with Gasteiger partial charge in [-0.3, -0.25) is 4.79 Å². The van der Waals surface area contributed by atoms with Crippen LogP contribution >= 0.6 is 34.5 Å². The fourth-order valence-corrected chi connectivity index (χ4v) is 2.29. The van der Waals surface area contributed by atoms with E-state index in [-0.39, 0.29) is 0 Å². The molecule has 0 unspecified atom stereocenters. The average molecular weight is 258 g/mol. The van der Waals surface area contributed by atoms with Crippen LogP contribution in [0, 0.1) is 0 Å². The molecule has 76 valence electrons. The van der Waals surface area contributed by atoms with Gasteiger partial charge in [-0.15, -0.1) is 11.3 Å². The zero-order valence-corrected chi connectivity index (χ0v) is 9.73. The van der Waals surface area contributed by atoms with Crippen LogP contribution in [0.5, 0.6) is 0 Å². The summed E-state index contributed by atoms with van der Waals surface area (Å²) in [5.74, 6) is 0. The molecule has 15 heavy (non-hydrogen) atoms. The first-order valence-electron chi connectivity index (χ1n) is 4.07. The van der Waals surface area contributed by atoms with Crippen molar-refractivity contribution in [3.63, 3.8) is 0 Å². The Bertz CT molecular complexity index is 510. The van der Waals surface area contributed by atoms with Gasteiger partial charge in [-0.05, 0) is 18.2 Å². The molecule has 1 aromatic carbocycles. The van der Waals surface area contributed by atoms with Gasteiger partial charge in [-0.1, -0.05) is 23.2 Å². The molecule has 1 heterocycles. The maximum Gasteiger partial charge on any atom is 0.178 e. The highest BCUT2D eigenvalue weighted by Gasteiger charge is 2.08. The SMILES string of the molecule is O=Cc1nc(-c2ccc(Cl)cc2Cl)cs1. The van der Waals surface area contributed by atoms with E-state index in [2.05, 4.69) is 4.98 Å². The Balaban J connectivity index is 2.49. The number of thiazole rings is 1. The fraction of sp³-hybridized carbons (Fsp3) is 0. The van der Waals surface area contributed by atoms with Crippen molar-refractivity contribution in [3.05, 3.63) is 38.6 Å². The molecule has 2 nitrogen and oxygen atoms in total. The third-order valence-electron chi connectivity index (χ3n) is 1.83. The van der Waals surface area contributed by atoms with Crippen molar-refractivity contribution < 1.29 is 4.79 Å². The van der Waals surface area contributed by atoms with Gasteiger partial charge in [0.15, 0.2) is 11.3 Å². The second kappa shape index (κ2) is 4.31. The number of hydrogen-bond donors (Lipinski definition) is 0. The summed E-state index contributed by atoms with van der Waals surface area (Å²) in [4.78, 5) is 14.6. The van der Waals surface area contributed by atoms with E-state index in [1.54, 1.807) is 23.6 Å². The van der Waals surface area contributed by atoms with Crippen molar-refractivity contribution in [3.8, 4) is 11.3 Å². The van der Waals surface area contributed by atoms with Crippen molar-refractivity contribution in [1.29, 1.82) is 0 Å². The standard InChI is InChI=1S/C10H5Cl2NOS/c11-6-1-2-7(8(12)3-6)9-5-15-10(4-14)13-9/h1-5H. The lowest BCUT2D eigenvalue weighted by Crippen LogP contribution is -1.81. The number of nitrogens with zero attached hydrogens (tertiary/aromatic N) is 1. The molecule has 0 spiro atoms. The molecule has 2 rings (SSSR count).